The van der Waals surface area contributed by atoms with Gasteiger partial charge < -0.3 is 24.6 Å². The lowest BCUT2D eigenvalue weighted by molar-refractivity contribution is 0.135. The average molecular weight is 394 g/mol. The van der Waals surface area contributed by atoms with Gasteiger partial charge in [0.15, 0.2) is 11.5 Å². The molecule has 0 bridgehead atoms. The fourth-order valence-corrected chi connectivity index (χ4v) is 2.99. The van der Waals surface area contributed by atoms with E-state index in [-0.39, 0.29) is 6.04 Å². The molecule has 2 aromatic carbocycles. The van der Waals surface area contributed by atoms with E-state index in [0.717, 1.165) is 23.3 Å². The van der Waals surface area contributed by atoms with E-state index in [1.165, 1.54) is 0 Å². The van der Waals surface area contributed by atoms with E-state index in [9.17, 15) is 5.11 Å². The van der Waals surface area contributed by atoms with E-state index in [0.29, 0.717) is 29.7 Å². The highest BCUT2D eigenvalue weighted by Gasteiger charge is 2.17. The molecule has 0 radical (unpaired) electrons. The molecule has 0 spiro atoms. The molecule has 0 saturated carbocycles. The minimum Gasteiger partial charge on any atom is -0.497 e. The maximum Gasteiger partial charge on any atom is 0.179 e. The Hall–Kier alpha value is -1.95. The van der Waals surface area contributed by atoms with Crippen LogP contribution in [0, 0.1) is 0 Å². The lowest BCUT2D eigenvalue weighted by Gasteiger charge is -2.21. The monoisotopic (exact) mass is 393 g/mol. The Morgan fingerprint density at radius 3 is 2.41 bits per heavy atom. The summed E-state index contributed by atoms with van der Waals surface area (Å²) in [6.07, 6.45) is 0.254. The van der Waals surface area contributed by atoms with E-state index in [1.807, 2.05) is 50.2 Å². The molecule has 0 saturated heterocycles. The molecule has 6 heteroatoms. The first kappa shape index (κ1) is 21.4. The third-order valence-electron chi connectivity index (χ3n) is 4.30. The van der Waals surface area contributed by atoms with Crippen molar-refractivity contribution in [3.8, 4) is 17.2 Å². The third-order valence-corrected chi connectivity index (χ3v) is 4.58. The van der Waals surface area contributed by atoms with Crippen LogP contribution in [0.4, 0.5) is 0 Å². The van der Waals surface area contributed by atoms with Crippen LogP contribution in [0.25, 0.3) is 0 Å². The van der Waals surface area contributed by atoms with Crippen LogP contribution in [0.15, 0.2) is 36.4 Å². The maximum absolute atomic E-state index is 10.6. The van der Waals surface area contributed by atoms with Gasteiger partial charge >= 0.3 is 0 Å². The first-order valence-electron chi connectivity index (χ1n) is 9.04. The summed E-state index contributed by atoms with van der Waals surface area (Å²) >= 11 is 6.36. The predicted molar refractivity (Wildman–Crippen MR) is 108 cm³/mol. The summed E-state index contributed by atoms with van der Waals surface area (Å²) in [5.74, 6) is 1.94. The maximum atomic E-state index is 10.6. The highest BCUT2D eigenvalue weighted by molar-refractivity contribution is 6.32. The molecule has 2 atom stereocenters. The number of aliphatic hydroxyl groups excluding tert-OH is 1. The van der Waals surface area contributed by atoms with Crippen LogP contribution in [0.3, 0.4) is 0 Å². The first-order valence-corrected chi connectivity index (χ1v) is 9.42. The summed E-state index contributed by atoms with van der Waals surface area (Å²) in [5.41, 5.74) is 1.78. The molecule has 0 heterocycles. The van der Waals surface area contributed by atoms with Gasteiger partial charge in [-0.15, -0.1) is 0 Å². The van der Waals surface area contributed by atoms with Crippen LogP contribution in [-0.4, -0.2) is 32.0 Å². The Morgan fingerprint density at radius 2 is 1.81 bits per heavy atom. The number of benzene rings is 2. The van der Waals surface area contributed by atoms with Crippen LogP contribution in [0.5, 0.6) is 17.2 Å². The summed E-state index contributed by atoms with van der Waals surface area (Å²) in [6, 6.07) is 11.0. The Labute approximate surface area is 166 Å². The Kier molecular flexibility index (Phi) is 8.23. The Balaban J connectivity index is 2.02. The van der Waals surface area contributed by atoms with E-state index in [4.69, 9.17) is 25.8 Å². The van der Waals surface area contributed by atoms with E-state index < -0.39 is 6.10 Å². The SMILES string of the molecule is CCCOc1c(Cl)cc(CNC(C)C(O)c2ccc(OC)cc2)cc1OC. The second-order valence-corrected chi connectivity index (χ2v) is 6.75. The topological polar surface area (TPSA) is 60.0 Å². The number of nitrogens with one attached hydrogen (secondary N) is 1. The van der Waals surface area contributed by atoms with Crippen molar-refractivity contribution in [1.29, 1.82) is 0 Å². The van der Waals surface area contributed by atoms with Crippen molar-refractivity contribution in [1.82, 2.24) is 5.32 Å². The lowest BCUT2D eigenvalue weighted by Crippen LogP contribution is -2.31. The molecule has 0 amide bonds. The van der Waals surface area contributed by atoms with Crippen molar-refractivity contribution >= 4 is 11.6 Å². The van der Waals surface area contributed by atoms with E-state index in [1.54, 1.807) is 14.2 Å². The zero-order valence-corrected chi connectivity index (χ0v) is 17.0. The van der Waals surface area contributed by atoms with Crippen molar-refractivity contribution < 1.29 is 19.3 Å². The van der Waals surface area contributed by atoms with Crippen molar-refractivity contribution in [2.75, 3.05) is 20.8 Å². The van der Waals surface area contributed by atoms with E-state index >= 15 is 0 Å². The number of methoxy groups -OCH3 is 2. The molecule has 2 rings (SSSR count). The fraction of sp³-hybridized carbons (Fsp3) is 0.429. The largest absolute Gasteiger partial charge is 0.497 e. The van der Waals surface area contributed by atoms with Gasteiger partial charge in [0.2, 0.25) is 0 Å². The summed E-state index contributed by atoms with van der Waals surface area (Å²) in [6.45, 7) is 5.10. The standard InChI is InChI=1S/C21H28ClNO4/c1-5-10-27-21-18(22)11-15(12-19(21)26-4)13-23-14(2)20(24)16-6-8-17(25-3)9-7-16/h6-9,11-12,14,20,23-24H,5,10,13H2,1-4H3. The molecule has 0 aliphatic rings. The van der Waals surface area contributed by atoms with Gasteiger partial charge in [0.05, 0.1) is 32.0 Å². The Bertz CT molecular complexity index is 721. The summed E-state index contributed by atoms with van der Waals surface area (Å²) < 4.78 is 16.2. The molecular weight excluding hydrogens is 366 g/mol. The Morgan fingerprint density at radius 1 is 1.11 bits per heavy atom. The number of halogens is 1. The van der Waals surface area contributed by atoms with E-state index in [2.05, 4.69) is 5.32 Å². The van der Waals surface area contributed by atoms with Gasteiger partial charge in [0.1, 0.15) is 5.75 Å². The third kappa shape index (κ3) is 5.76. The smallest absolute Gasteiger partial charge is 0.179 e. The van der Waals surface area contributed by atoms with Crippen LogP contribution in [0.2, 0.25) is 5.02 Å². The van der Waals surface area contributed by atoms with Crippen LogP contribution >= 0.6 is 11.6 Å². The fourth-order valence-electron chi connectivity index (χ4n) is 2.70. The van der Waals surface area contributed by atoms with Gasteiger partial charge in [0, 0.05) is 12.6 Å². The van der Waals surface area contributed by atoms with Crippen molar-refractivity contribution in [3.05, 3.63) is 52.5 Å². The van der Waals surface area contributed by atoms with Crippen LogP contribution in [0.1, 0.15) is 37.5 Å². The van der Waals surface area contributed by atoms with Crippen molar-refractivity contribution in [2.45, 2.75) is 39.0 Å². The molecule has 0 fully saturated rings. The summed E-state index contributed by atoms with van der Waals surface area (Å²) in [5, 5.41) is 14.4. The average Bonchev–Trinajstić information content (AvgIpc) is 2.70. The second-order valence-electron chi connectivity index (χ2n) is 6.35. The number of hydrogen-bond acceptors (Lipinski definition) is 5. The number of aliphatic hydroxyl groups is 1. The van der Waals surface area contributed by atoms with Gasteiger partial charge in [-0.3, -0.25) is 0 Å². The summed E-state index contributed by atoms with van der Waals surface area (Å²) in [4.78, 5) is 0. The zero-order chi connectivity index (χ0) is 19.8. The molecule has 0 aliphatic carbocycles. The number of rotatable bonds is 10. The second kappa shape index (κ2) is 10.4. The van der Waals surface area contributed by atoms with Crippen molar-refractivity contribution in [2.24, 2.45) is 0 Å². The number of hydrogen-bond donors (Lipinski definition) is 2. The molecule has 27 heavy (non-hydrogen) atoms. The normalized spacial score (nSPS) is 13.1. The van der Waals surface area contributed by atoms with Gasteiger partial charge in [-0.1, -0.05) is 30.7 Å². The van der Waals surface area contributed by atoms with Gasteiger partial charge in [-0.25, -0.2) is 0 Å². The van der Waals surface area contributed by atoms with Gasteiger partial charge in [-0.2, -0.15) is 0 Å². The summed E-state index contributed by atoms with van der Waals surface area (Å²) in [7, 11) is 3.21. The molecular formula is C21H28ClNO4. The van der Waals surface area contributed by atoms with Crippen LogP contribution in [-0.2, 0) is 6.54 Å². The highest BCUT2D eigenvalue weighted by Crippen LogP contribution is 2.36. The molecule has 2 N–H and O–H groups in total. The molecule has 2 unspecified atom stereocenters. The molecule has 0 aliphatic heterocycles. The van der Waals surface area contributed by atoms with Gasteiger partial charge in [0.25, 0.3) is 0 Å². The minimum absolute atomic E-state index is 0.154. The molecule has 2 aromatic rings. The molecule has 0 aromatic heterocycles. The highest BCUT2D eigenvalue weighted by atomic mass is 35.5. The number of ether oxygens (including phenoxy) is 3. The zero-order valence-electron chi connectivity index (χ0n) is 16.3. The van der Waals surface area contributed by atoms with Crippen LogP contribution < -0.4 is 19.5 Å². The predicted octanol–water partition coefficient (Wildman–Crippen LogP) is 4.36. The van der Waals surface area contributed by atoms with Gasteiger partial charge in [-0.05, 0) is 48.7 Å². The lowest BCUT2D eigenvalue weighted by atomic mass is 10.0. The minimum atomic E-state index is -0.638. The van der Waals surface area contributed by atoms with Crippen molar-refractivity contribution in [3.63, 3.8) is 0 Å². The first-order chi connectivity index (χ1) is 13.0. The molecule has 148 valence electrons. The molecule has 5 nitrogen and oxygen atoms in total. The quantitative estimate of drug-likeness (QED) is 0.628.